The Hall–Kier alpha value is -2.55. The van der Waals surface area contributed by atoms with Crippen molar-refractivity contribution in [2.45, 2.75) is 25.2 Å². The molecule has 0 saturated carbocycles. The number of carbonyl (C=O) groups excluding carboxylic acids is 2. The van der Waals surface area contributed by atoms with E-state index in [-0.39, 0.29) is 6.04 Å². The van der Waals surface area contributed by atoms with Crippen molar-refractivity contribution in [1.82, 2.24) is 5.32 Å². The van der Waals surface area contributed by atoms with Gasteiger partial charge >= 0.3 is 11.9 Å². The molecule has 0 aromatic heterocycles. The molecule has 3 rings (SSSR count). The van der Waals surface area contributed by atoms with Gasteiger partial charge in [-0.3, -0.25) is 0 Å². The summed E-state index contributed by atoms with van der Waals surface area (Å²) in [4.78, 5) is 24.0. The van der Waals surface area contributed by atoms with Crippen LogP contribution in [0.25, 0.3) is 0 Å². The fraction of sp³-hybridized carbons (Fsp3) is 0.333. The molecule has 2 aliphatic rings. The van der Waals surface area contributed by atoms with E-state index in [4.69, 9.17) is 9.47 Å². The summed E-state index contributed by atoms with van der Waals surface area (Å²) in [5.41, 5.74) is -1.24. The molecule has 2 fully saturated rings. The van der Waals surface area contributed by atoms with Gasteiger partial charge < -0.3 is 19.9 Å². The van der Waals surface area contributed by atoms with Crippen molar-refractivity contribution in [3.63, 3.8) is 0 Å². The van der Waals surface area contributed by atoms with Crippen LogP contribution in [0.4, 0.5) is 13.2 Å². The SMILES string of the molecule is CC1(C2CN2)OC(=O)C(=C(O)Cc2cc(F)c(F)cc2F)C(=O)O1. The lowest BCUT2D eigenvalue weighted by molar-refractivity contribution is -0.229. The van der Waals surface area contributed by atoms with Crippen LogP contribution in [0.1, 0.15) is 12.5 Å². The summed E-state index contributed by atoms with van der Waals surface area (Å²) >= 11 is 0. The number of aliphatic hydroxyl groups excluding tert-OH is 1. The molecule has 0 bridgehead atoms. The third kappa shape index (κ3) is 2.82. The molecule has 1 atom stereocenters. The van der Waals surface area contributed by atoms with Crippen LogP contribution < -0.4 is 5.32 Å². The number of hydrogen-bond acceptors (Lipinski definition) is 6. The zero-order valence-corrected chi connectivity index (χ0v) is 12.4. The minimum absolute atomic E-state index is 0.302. The van der Waals surface area contributed by atoms with Crippen LogP contribution in [-0.2, 0) is 25.5 Å². The molecule has 6 nitrogen and oxygen atoms in total. The molecule has 1 unspecified atom stereocenters. The van der Waals surface area contributed by atoms with Crippen molar-refractivity contribution >= 4 is 11.9 Å². The first-order valence-electron chi connectivity index (χ1n) is 6.97. The zero-order valence-electron chi connectivity index (χ0n) is 12.4. The summed E-state index contributed by atoms with van der Waals surface area (Å²) in [7, 11) is 0. The quantitative estimate of drug-likeness (QED) is 0.214. The van der Waals surface area contributed by atoms with E-state index in [9.17, 15) is 27.9 Å². The summed E-state index contributed by atoms with van der Waals surface area (Å²) in [5.74, 6) is -8.49. The molecule has 2 aliphatic heterocycles. The Morgan fingerprint density at radius 1 is 1.21 bits per heavy atom. The highest BCUT2D eigenvalue weighted by Crippen LogP contribution is 2.31. The standard InChI is InChI=1S/C15H12F3NO5/c1-15(11-5-19-11)23-13(21)12(14(22)24-15)10(20)3-6-2-8(17)9(18)4-7(6)16/h2,4,11,19-20H,3,5H2,1H3. The van der Waals surface area contributed by atoms with Crippen molar-refractivity contribution in [2.75, 3.05) is 6.54 Å². The summed E-state index contributed by atoms with van der Waals surface area (Å²) in [6.07, 6.45) is -0.707. The third-order valence-electron chi connectivity index (χ3n) is 3.78. The molecule has 0 radical (unpaired) electrons. The lowest BCUT2D eigenvalue weighted by atomic mass is 10.0. The number of rotatable bonds is 3. The van der Waals surface area contributed by atoms with E-state index in [2.05, 4.69) is 5.32 Å². The van der Waals surface area contributed by atoms with Gasteiger partial charge in [0.1, 0.15) is 11.6 Å². The van der Waals surface area contributed by atoms with Crippen LogP contribution in [-0.4, -0.2) is 35.4 Å². The first-order chi connectivity index (χ1) is 11.2. The Morgan fingerprint density at radius 3 is 2.29 bits per heavy atom. The van der Waals surface area contributed by atoms with Crippen molar-refractivity contribution < 1.29 is 37.3 Å². The molecule has 1 aromatic rings. The third-order valence-corrected chi connectivity index (χ3v) is 3.78. The normalized spacial score (nSPS) is 26.0. The van der Waals surface area contributed by atoms with E-state index in [1.54, 1.807) is 0 Å². The fourth-order valence-corrected chi connectivity index (χ4v) is 2.35. The largest absolute Gasteiger partial charge is 0.511 e. The highest BCUT2D eigenvalue weighted by molar-refractivity contribution is 6.15. The summed E-state index contributed by atoms with van der Waals surface area (Å²) in [6.45, 7) is 1.87. The Balaban J connectivity index is 1.87. The minimum Gasteiger partial charge on any atom is -0.511 e. The Labute approximate surface area is 133 Å². The van der Waals surface area contributed by atoms with Crippen molar-refractivity contribution in [3.05, 3.63) is 46.5 Å². The average Bonchev–Trinajstić information content (AvgIpc) is 3.28. The molecule has 2 heterocycles. The second-order valence-corrected chi connectivity index (χ2v) is 5.61. The number of hydrogen-bond donors (Lipinski definition) is 2. The van der Waals surface area contributed by atoms with E-state index in [0.29, 0.717) is 18.7 Å². The van der Waals surface area contributed by atoms with Crippen molar-refractivity contribution in [2.24, 2.45) is 0 Å². The van der Waals surface area contributed by atoms with E-state index < -0.39 is 58.5 Å². The van der Waals surface area contributed by atoms with E-state index in [1.165, 1.54) is 6.92 Å². The Kier molecular flexibility index (Phi) is 3.75. The Morgan fingerprint density at radius 2 is 1.75 bits per heavy atom. The first-order valence-corrected chi connectivity index (χ1v) is 6.97. The van der Waals surface area contributed by atoms with Gasteiger partial charge in [0.2, 0.25) is 0 Å². The van der Waals surface area contributed by atoms with Gasteiger partial charge in [-0.25, -0.2) is 22.8 Å². The Bertz CT molecular complexity index is 753. The smallest absolute Gasteiger partial charge is 0.352 e. The predicted octanol–water partition coefficient (Wildman–Crippen LogP) is 1.25. The first kappa shape index (κ1) is 16.3. The lowest BCUT2D eigenvalue weighted by Gasteiger charge is -2.32. The zero-order chi connectivity index (χ0) is 17.6. The molecule has 2 saturated heterocycles. The van der Waals surface area contributed by atoms with Crippen LogP contribution >= 0.6 is 0 Å². The molecule has 1 aromatic carbocycles. The van der Waals surface area contributed by atoms with Gasteiger partial charge in [-0.15, -0.1) is 0 Å². The molecule has 0 amide bonds. The maximum atomic E-state index is 13.6. The van der Waals surface area contributed by atoms with Gasteiger partial charge in [0.05, 0.1) is 6.04 Å². The second-order valence-electron chi connectivity index (χ2n) is 5.61. The lowest BCUT2D eigenvalue weighted by Crippen LogP contribution is -2.49. The van der Waals surface area contributed by atoms with Gasteiger partial charge in [-0.05, 0) is 11.6 Å². The molecule has 9 heteroatoms. The van der Waals surface area contributed by atoms with Gasteiger partial charge in [0.25, 0.3) is 5.79 Å². The number of ether oxygens (including phenoxy) is 2. The second kappa shape index (κ2) is 5.52. The minimum atomic E-state index is -1.49. The van der Waals surface area contributed by atoms with Crippen molar-refractivity contribution in [1.29, 1.82) is 0 Å². The molecular weight excluding hydrogens is 331 g/mol. The highest BCUT2D eigenvalue weighted by atomic mass is 19.2. The average molecular weight is 343 g/mol. The maximum absolute atomic E-state index is 13.6. The van der Waals surface area contributed by atoms with Gasteiger partial charge in [-0.1, -0.05) is 0 Å². The number of allylic oxidation sites excluding steroid dienone is 1. The van der Waals surface area contributed by atoms with Crippen molar-refractivity contribution in [3.8, 4) is 0 Å². The molecule has 0 spiro atoms. The summed E-state index contributed by atoms with van der Waals surface area (Å²) < 4.78 is 49.7. The summed E-state index contributed by atoms with van der Waals surface area (Å²) in [5, 5.41) is 12.8. The molecule has 128 valence electrons. The summed E-state index contributed by atoms with van der Waals surface area (Å²) in [6, 6.07) is 0.479. The van der Waals surface area contributed by atoms with Gasteiger partial charge in [0.15, 0.2) is 17.2 Å². The fourth-order valence-electron chi connectivity index (χ4n) is 2.35. The number of nitrogens with one attached hydrogen (secondary N) is 1. The molecule has 2 N–H and O–H groups in total. The van der Waals surface area contributed by atoms with Crippen LogP contribution in [0.3, 0.4) is 0 Å². The molecular formula is C15H12F3NO5. The van der Waals surface area contributed by atoms with E-state index >= 15 is 0 Å². The van der Waals surface area contributed by atoms with Crippen LogP contribution in [0.5, 0.6) is 0 Å². The van der Waals surface area contributed by atoms with Crippen LogP contribution in [0, 0.1) is 17.5 Å². The number of cyclic esters (lactones) is 2. The number of carbonyl (C=O) groups is 2. The van der Waals surface area contributed by atoms with E-state index in [1.807, 2.05) is 0 Å². The van der Waals surface area contributed by atoms with Crippen LogP contribution in [0.2, 0.25) is 0 Å². The monoisotopic (exact) mass is 343 g/mol. The van der Waals surface area contributed by atoms with Gasteiger partial charge in [-0.2, -0.15) is 0 Å². The predicted molar refractivity (Wildman–Crippen MR) is 72.1 cm³/mol. The number of benzene rings is 1. The maximum Gasteiger partial charge on any atom is 0.352 e. The molecule has 24 heavy (non-hydrogen) atoms. The topological polar surface area (TPSA) is 94.8 Å². The van der Waals surface area contributed by atoms with Crippen LogP contribution in [0.15, 0.2) is 23.5 Å². The number of halogens is 3. The molecule has 0 aliphatic carbocycles. The van der Waals surface area contributed by atoms with E-state index in [0.717, 1.165) is 0 Å². The number of aliphatic hydroxyl groups is 1. The van der Waals surface area contributed by atoms with Gasteiger partial charge in [0, 0.05) is 26.0 Å². The highest BCUT2D eigenvalue weighted by Gasteiger charge is 2.53. The number of esters is 2.